The molecule has 0 aliphatic heterocycles. The predicted molar refractivity (Wildman–Crippen MR) is 179 cm³/mol. The van der Waals surface area contributed by atoms with Gasteiger partial charge in [-0.3, -0.25) is 0 Å². The molecular formula is C42H24F6. The monoisotopic (exact) mass is 642 g/mol. The van der Waals surface area contributed by atoms with Gasteiger partial charge in [0, 0.05) is 34.9 Å². The zero-order valence-electron chi connectivity index (χ0n) is 25.1. The van der Waals surface area contributed by atoms with Crippen molar-refractivity contribution in [2.45, 2.75) is 0 Å². The van der Waals surface area contributed by atoms with Gasteiger partial charge < -0.3 is 0 Å². The molecule has 0 heterocycles. The highest BCUT2D eigenvalue weighted by Gasteiger charge is 2.14. The predicted octanol–water partition coefficient (Wildman–Crippen LogP) is 12.5. The first-order valence-electron chi connectivity index (χ1n) is 15.0. The lowest BCUT2D eigenvalue weighted by molar-refractivity contribution is 0.585. The van der Waals surface area contributed by atoms with Crippen molar-refractivity contribution in [1.82, 2.24) is 0 Å². The molecule has 0 N–H and O–H groups in total. The fourth-order valence-corrected chi connectivity index (χ4v) is 5.90. The van der Waals surface area contributed by atoms with E-state index in [0.717, 1.165) is 51.6 Å². The summed E-state index contributed by atoms with van der Waals surface area (Å²) in [6.07, 6.45) is 0. The molecule has 0 radical (unpaired) electrons. The van der Waals surface area contributed by atoms with Gasteiger partial charge in [0.2, 0.25) is 0 Å². The van der Waals surface area contributed by atoms with Crippen LogP contribution in [0.25, 0.3) is 66.8 Å². The van der Waals surface area contributed by atoms with Crippen molar-refractivity contribution in [3.05, 3.63) is 180 Å². The lowest BCUT2D eigenvalue weighted by Gasteiger charge is -2.14. The van der Waals surface area contributed by atoms with Gasteiger partial charge in [0.15, 0.2) is 0 Å². The molecule has 0 aromatic heterocycles. The number of hydrogen-bond donors (Lipinski definition) is 0. The van der Waals surface area contributed by atoms with Crippen LogP contribution >= 0.6 is 0 Å². The molecule has 0 saturated heterocycles. The first kappa shape index (κ1) is 30.8. The molecule has 0 aliphatic rings. The largest absolute Gasteiger partial charge is 0.207 e. The van der Waals surface area contributed by atoms with Gasteiger partial charge >= 0.3 is 0 Å². The van der Waals surface area contributed by atoms with Gasteiger partial charge in [-0.05, 0) is 123 Å². The topological polar surface area (TPSA) is 0 Å². The molecule has 6 heteroatoms. The highest BCUT2D eigenvalue weighted by molar-refractivity contribution is 5.85. The Morgan fingerprint density at radius 2 is 0.479 bits per heavy atom. The summed E-state index contributed by atoms with van der Waals surface area (Å²) in [4.78, 5) is 0. The minimum atomic E-state index is -0.684. The molecule has 0 nitrogen and oxygen atoms in total. The Labute approximate surface area is 273 Å². The van der Waals surface area contributed by atoms with E-state index in [0.29, 0.717) is 16.7 Å². The summed E-state index contributed by atoms with van der Waals surface area (Å²) in [5, 5.41) is 0. The van der Waals surface area contributed by atoms with Crippen LogP contribution in [0.5, 0.6) is 0 Å². The van der Waals surface area contributed by atoms with Crippen molar-refractivity contribution in [1.29, 1.82) is 0 Å². The third-order valence-electron chi connectivity index (χ3n) is 8.25. The Morgan fingerprint density at radius 1 is 0.229 bits per heavy atom. The average Bonchev–Trinajstić information content (AvgIpc) is 3.08. The van der Waals surface area contributed by atoms with Gasteiger partial charge in [-0.25, -0.2) is 26.3 Å². The van der Waals surface area contributed by atoms with Gasteiger partial charge in [-0.15, -0.1) is 0 Å². The van der Waals surface area contributed by atoms with E-state index in [-0.39, 0.29) is 16.7 Å². The number of halogens is 6. The Bertz CT molecular complexity index is 2050. The Balaban J connectivity index is 1.39. The average molecular weight is 643 g/mol. The van der Waals surface area contributed by atoms with Crippen molar-refractivity contribution in [3.8, 4) is 66.8 Å². The van der Waals surface area contributed by atoms with Gasteiger partial charge in [0.05, 0.1) is 0 Å². The second-order valence-corrected chi connectivity index (χ2v) is 11.4. The molecule has 7 aromatic rings. The minimum Gasteiger partial charge on any atom is -0.207 e. The molecule has 0 saturated carbocycles. The van der Waals surface area contributed by atoms with Gasteiger partial charge in [0.1, 0.15) is 34.9 Å². The zero-order chi connectivity index (χ0) is 33.4. The molecule has 7 aromatic carbocycles. The van der Waals surface area contributed by atoms with E-state index in [1.165, 1.54) is 36.4 Å². The molecule has 0 unspecified atom stereocenters. The Hall–Kier alpha value is -5.88. The van der Waals surface area contributed by atoms with Gasteiger partial charge in [-0.1, -0.05) is 54.6 Å². The van der Waals surface area contributed by atoms with E-state index in [2.05, 4.69) is 0 Å². The highest BCUT2D eigenvalue weighted by Crippen LogP contribution is 2.37. The highest BCUT2D eigenvalue weighted by atomic mass is 19.2. The third kappa shape index (κ3) is 6.25. The summed E-state index contributed by atoms with van der Waals surface area (Å²) < 4.78 is 85.3. The molecule has 0 spiro atoms. The molecule has 0 bridgehead atoms. The zero-order valence-corrected chi connectivity index (χ0v) is 25.1. The first-order chi connectivity index (χ1) is 23.2. The Kier molecular flexibility index (Phi) is 8.15. The molecular weight excluding hydrogens is 618 g/mol. The first-order valence-corrected chi connectivity index (χ1v) is 15.0. The molecule has 234 valence electrons. The number of rotatable bonds is 6. The van der Waals surface area contributed by atoms with Crippen LogP contribution in [0.1, 0.15) is 0 Å². The SMILES string of the molecule is Fc1ccc(-c2cccc(-c3cc(-c4cccc(-c5ccc(F)cc5F)c4)cc(-c4cccc(-c5ccc(F)cc5F)c4)c3)c2)c(F)c1. The van der Waals surface area contributed by atoms with Crippen molar-refractivity contribution in [2.24, 2.45) is 0 Å². The number of hydrogen-bond acceptors (Lipinski definition) is 0. The molecule has 0 atom stereocenters. The van der Waals surface area contributed by atoms with Crippen LogP contribution in [0.15, 0.2) is 146 Å². The lowest BCUT2D eigenvalue weighted by Crippen LogP contribution is -1.91. The summed E-state index contributed by atoms with van der Waals surface area (Å²) in [5.74, 6) is -4.07. The van der Waals surface area contributed by atoms with E-state index in [1.54, 1.807) is 36.4 Å². The number of benzene rings is 7. The van der Waals surface area contributed by atoms with Crippen LogP contribution in [0.2, 0.25) is 0 Å². The molecule has 0 aliphatic carbocycles. The van der Waals surface area contributed by atoms with Crippen molar-refractivity contribution in [2.75, 3.05) is 0 Å². The second kappa shape index (κ2) is 12.7. The van der Waals surface area contributed by atoms with E-state index < -0.39 is 34.9 Å². The maximum Gasteiger partial charge on any atom is 0.133 e. The fraction of sp³-hybridized carbons (Fsp3) is 0. The summed E-state index contributed by atoms with van der Waals surface area (Å²) in [6.45, 7) is 0. The van der Waals surface area contributed by atoms with Crippen LogP contribution in [0.3, 0.4) is 0 Å². The minimum absolute atomic E-state index is 0.248. The maximum absolute atomic E-state index is 14.8. The summed E-state index contributed by atoms with van der Waals surface area (Å²) in [6, 6.07) is 37.8. The van der Waals surface area contributed by atoms with Crippen molar-refractivity contribution in [3.63, 3.8) is 0 Å². The third-order valence-corrected chi connectivity index (χ3v) is 8.25. The van der Waals surface area contributed by atoms with Gasteiger partial charge in [-0.2, -0.15) is 0 Å². The van der Waals surface area contributed by atoms with E-state index in [9.17, 15) is 26.3 Å². The second-order valence-electron chi connectivity index (χ2n) is 11.4. The molecule has 48 heavy (non-hydrogen) atoms. The fourth-order valence-electron chi connectivity index (χ4n) is 5.90. The smallest absolute Gasteiger partial charge is 0.133 e. The van der Waals surface area contributed by atoms with Crippen LogP contribution in [-0.4, -0.2) is 0 Å². The molecule has 0 amide bonds. The van der Waals surface area contributed by atoms with E-state index in [4.69, 9.17) is 0 Å². The van der Waals surface area contributed by atoms with Crippen LogP contribution in [0.4, 0.5) is 26.3 Å². The summed E-state index contributed by atoms with van der Waals surface area (Å²) in [7, 11) is 0. The Morgan fingerprint density at radius 3 is 0.750 bits per heavy atom. The lowest BCUT2D eigenvalue weighted by atomic mass is 9.90. The molecule has 7 rings (SSSR count). The van der Waals surface area contributed by atoms with E-state index in [1.807, 2.05) is 54.6 Å². The van der Waals surface area contributed by atoms with E-state index >= 15 is 0 Å². The van der Waals surface area contributed by atoms with Crippen LogP contribution < -0.4 is 0 Å². The summed E-state index contributed by atoms with van der Waals surface area (Å²) in [5.41, 5.74) is 6.96. The normalized spacial score (nSPS) is 11.1. The standard InChI is InChI=1S/C42H24F6/c43-34-10-13-37(40(46)22-34)28-7-1-4-25(16-28)31-19-32(26-5-2-8-29(17-26)38-14-11-35(44)23-41(38)47)21-33(20-31)27-6-3-9-30(18-27)39-15-12-36(45)24-42(39)48/h1-24H. The molecule has 0 fully saturated rings. The van der Waals surface area contributed by atoms with Crippen molar-refractivity contribution < 1.29 is 26.3 Å². The van der Waals surface area contributed by atoms with Gasteiger partial charge in [0.25, 0.3) is 0 Å². The maximum atomic E-state index is 14.8. The van der Waals surface area contributed by atoms with Crippen LogP contribution in [-0.2, 0) is 0 Å². The quantitative estimate of drug-likeness (QED) is 0.158. The van der Waals surface area contributed by atoms with Crippen molar-refractivity contribution >= 4 is 0 Å². The summed E-state index contributed by atoms with van der Waals surface area (Å²) >= 11 is 0. The van der Waals surface area contributed by atoms with Crippen LogP contribution in [0, 0.1) is 34.9 Å².